The molecular weight excluding hydrogens is 340 g/mol. The van der Waals surface area contributed by atoms with E-state index in [9.17, 15) is 10.2 Å². The van der Waals surface area contributed by atoms with E-state index < -0.39 is 36.6 Å². The van der Waals surface area contributed by atoms with Gasteiger partial charge in [0.2, 0.25) is 0 Å². The molecule has 0 aliphatic heterocycles. The molecule has 25 heavy (non-hydrogen) atoms. The van der Waals surface area contributed by atoms with E-state index in [0.29, 0.717) is 0 Å². The highest BCUT2D eigenvalue weighted by molar-refractivity contribution is 5.05. The largest absolute Gasteiger partial charge is 0.393 e. The van der Waals surface area contributed by atoms with Crippen molar-refractivity contribution in [2.45, 2.75) is 36.4 Å². The number of ether oxygens (including phenoxy) is 8. The van der Waals surface area contributed by atoms with Gasteiger partial charge in [-0.1, -0.05) is 0 Å². The molecule has 0 unspecified atom stereocenters. The third kappa shape index (κ3) is 6.36. The van der Waals surface area contributed by atoms with E-state index in [1.165, 1.54) is 28.4 Å². The summed E-state index contributed by atoms with van der Waals surface area (Å²) in [5.41, 5.74) is -1.62. The van der Waals surface area contributed by atoms with Gasteiger partial charge in [0.1, 0.15) is 51.1 Å². The van der Waals surface area contributed by atoms with Crippen LogP contribution in [0.2, 0.25) is 0 Å². The molecule has 1 rings (SSSR count). The van der Waals surface area contributed by atoms with Gasteiger partial charge in [-0.25, -0.2) is 0 Å². The van der Waals surface area contributed by atoms with Crippen LogP contribution < -0.4 is 0 Å². The molecule has 1 aliphatic carbocycles. The van der Waals surface area contributed by atoms with E-state index in [1.807, 2.05) is 0 Å². The van der Waals surface area contributed by atoms with Crippen LogP contribution >= 0.6 is 0 Å². The van der Waals surface area contributed by atoms with Crippen molar-refractivity contribution in [1.29, 1.82) is 0 Å². The lowest BCUT2D eigenvalue weighted by molar-refractivity contribution is -0.303. The standard InChI is InChI=1S/C15H30O10/c1-18-7-22-11-5-15(17,6-16)14(25-10-21-4)13(24-9-20-3)12(11)23-8-19-2/h11-14,16-17H,5-10H2,1-4H3/t11-,12+,13+,14-,15-/m1/s1. The number of aliphatic hydroxyl groups is 2. The Labute approximate surface area is 147 Å². The van der Waals surface area contributed by atoms with Crippen LogP contribution in [0.15, 0.2) is 0 Å². The summed E-state index contributed by atoms with van der Waals surface area (Å²) in [4.78, 5) is 0. The Balaban J connectivity index is 3.08. The summed E-state index contributed by atoms with van der Waals surface area (Å²) in [6, 6.07) is 0. The summed E-state index contributed by atoms with van der Waals surface area (Å²) in [5, 5.41) is 20.6. The fraction of sp³-hybridized carbons (Fsp3) is 1.00. The molecule has 2 N–H and O–H groups in total. The van der Waals surface area contributed by atoms with Crippen molar-refractivity contribution < 1.29 is 48.1 Å². The molecule has 0 aromatic carbocycles. The Kier molecular flexibility index (Phi) is 10.9. The molecule has 0 aromatic rings. The molecule has 10 heteroatoms. The molecule has 1 aliphatic rings. The number of aliphatic hydroxyl groups excluding tert-OH is 1. The molecule has 0 saturated heterocycles. The van der Waals surface area contributed by atoms with E-state index in [2.05, 4.69) is 0 Å². The van der Waals surface area contributed by atoms with Gasteiger partial charge >= 0.3 is 0 Å². The Morgan fingerprint density at radius 1 is 0.760 bits per heavy atom. The maximum Gasteiger partial charge on any atom is 0.146 e. The topological polar surface area (TPSA) is 114 Å². The second-order valence-electron chi connectivity index (χ2n) is 5.65. The minimum absolute atomic E-state index is 0.0143. The zero-order valence-corrected chi connectivity index (χ0v) is 15.2. The van der Waals surface area contributed by atoms with Crippen LogP contribution in [0.4, 0.5) is 0 Å². The number of hydrogen-bond acceptors (Lipinski definition) is 10. The van der Waals surface area contributed by atoms with Gasteiger partial charge in [0, 0.05) is 34.9 Å². The first-order chi connectivity index (χ1) is 12.1. The van der Waals surface area contributed by atoms with Crippen molar-refractivity contribution in [2.24, 2.45) is 0 Å². The highest BCUT2D eigenvalue weighted by Gasteiger charge is 2.55. The minimum Gasteiger partial charge on any atom is -0.393 e. The number of hydrogen-bond donors (Lipinski definition) is 2. The first-order valence-electron chi connectivity index (χ1n) is 7.83. The van der Waals surface area contributed by atoms with Crippen LogP contribution in [0, 0.1) is 0 Å². The maximum atomic E-state index is 10.9. The van der Waals surface area contributed by atoms with Gasteiger partial charge < -0.3 is 48.1 Å². The van der Waals surface area contributed by atoms with E-state index in [0.717, 1.165) is 0 Å². The summed E-state index contributed by atoms with van der Waals surface area (Å²) in [5.74, 6) is 0. The summed E-state index contributed by atoms with van der Waals surface area (Å²) in [6.45, 7) is -0.750. The number of rotatable bonds is 13. The molecule has 150 valence electrons. The lowest BCUT2D eigenvalue weighted by Crippen LogP contribution is -2.67. The Bertz CT molecular complexity index is 344. The lowest BCUT2D eigenvalue weighted by Gasteiger charge is -2.49. The van der Waals surface area contributed by atoms with Crippen molar-refractivity contribution in [3.63, 3.8) is 0 Å². The fourth-order valence-corrected chi connectivity index (χ4v) is 2.80. The Morgan fingerprint density at radius 2 is 1.24 bits per heavy atom. The first-order valence-corrected chi connectivity index (χ1v) is 7.83. The van der Waals surface area contributed by atoms with Crippen molar-refractivity contribution >= 4 is 0 Å². The minimum atomic E-state index is -1.62. The summed E-state index contributed by atoms with van der Waals surface area (Å²) in [6.07, 6.45) is -2.98. The summed E-state index contributed by atoms with van der Waals surface area (Å²) >= 11 is 0. The molecule has 0 aromatic heterocycles. The molecule has 1 fully saturated rings. The Morgan fingerprint density at radius 3 is 1.76 bits per heavy atom. The van der Waals surface area contributed by atoms with Crippen molar-refractivity contribution in [3.05, 3.63) is 0 Å². The predicted molar refractivity (Wildman–Crippen MR) is 83.6 cm³/mol. The summed E-state index contributed by atoms with van der Waals surface area (Å²) < 4.78 is 42.4. The van der Waals surface area contributed by atoms with Crippen molar-refractivity contribution in [2.75, 3.05) is 62.2 Å². The van der Waals surface area contributed by atoms with Crippen molar-refractivity contribution in [3.8, 4) is 0 Å². The van der Waals surface area contributed by atoms with E-state index in [1.54, 1.807) is 0 Å². The highest BCUT2D eigenvalue weighted by Crippen LogP contribution is 2.36. The van der Waals surface area contributed by atoms with Crippen LogP contribution in [-0.2, 0) is 37.9 Å². The molecule has 0 heterocycles. The van der Waals surface area contributed by atoms with Gasteiger partial charge in [0.15, 0.2) is 0 Å². The smallest absolute Gasteiger partial charge is 0.146 e. The van der Waals surface area contributed by atoms with E-state index in [-0.39, 0.29) is 33.6 Å². The molecule has 0 bridgehead atoms. The monoisotopic (exact) mass is 370 g/mol. The van der Waals surface area contributed by atoms with Gasteiger partial charge in [-0.05, 0) is 0 Å². The predicted octanol–water partition coefficient (Wildman–Crippen LogP) is -0.930. The molecule has 10 nitrogen and oxygen atoms in total. The molecule has 0 amide bonds. The van der Waals surface area contributed by atoms with Crippen molar-refractivity contribution in [1.82, 2.24) is 0 Å². The Hall–Kier alpha value is -0.400. The maximum absolute atomic E-state index is 10.9. The average molecular weight is 370 g/mol. The summed E-state index contributed by atoms with van der Waals surface area (Å²) in [7, 11) is 5.89. The third-order valence-corrected chi connectivity index (χ3v) is 3.87. The molecular formula is C15H30O10. The number of methoxy groups -OCH3 is 4. The van der Waals surface area contributed by atoms with Gasteiger partial charge in [0.05, 0.1) is 12.7 Å². The lowest BCUT2D eigenvalue weighted by atomic mass is 9.77. The third-order valence-electron chi connectivity index (χ3n) is 3.87. The molecule has 0 spiro atoms. The van der Waals surface area contributed by atoms with Gasteiger partial charge in [0.25, 0.3) is 0 Å². The van der Waals surface area contributed by atoms with Crippen LogP contribution in [0.5, 0.6) is 0 Å². The zero-order chi connectivity index (χ0) is 18.7. The average Bonchev–Trinajstić information content (AvgIpc) is 2.62. The fourth-order valence-electron chi connectivity index (χ4n) is 2.80. The van der Waals surface area contributed by atoms with Crippen LogP contribution in [0.1, 0.15) is 6.42 Å². The second-order valence-corrected chi connectivity index (χ2v) is 5.65. The van der Waals surface area contributed by atoms with E-state index in [4.69, 9.17) is 37.9 Å². The SMILES string of the molecule is COCO[C@@H]1[C@H](OCOC)[C@@H](OCOC)[C@](O)(CO)C[C@H]1OCOC. The molecule has 0 radical (unpaired) electrons. The van der Waals surface area contributed by atoms with Crippen LogP contribution in [0.25, 0.3) is 0 Å². The van der Waals surface area contributed by atoms with Gasteiger partial charge in [-0.15, -0.1) is 0 Å². The van der Waals surface area contributed by atoms with Crippen LogP contribution in [0.3, 0.4) is 0 Å². The molecule has 1 saturated carbocycles. The normalized spacial score (nSPS) is 32.9. The quantitative estimate of drug-likeness (QED) is 0.394. The zero-order valence-electron chi connectivity index (χ0n) is 15.2. The van der Waals surface area contributed by atoms with Gasteiger partial charge in [-0.3, -0.25) is 0 Å². The highest BCUT2D eigenvalue weighted by atomic mass is 16.7. The van der Waals surface area contributed by atoms with E-state index >= 15 is 0 Å². The second kappa shape index (κ2) is 12.1. The van der Waals surface area contributed by atoms with Gasteiger partial charge in [-0.2, -0.15) is 0 Å². The first kappa shape index (κ1) is 22.6. The molecule has 5 atom stereocenters. The van der Waals surface area contributed by atoms with Crippen LogP contribution in [-0.4, -0.2) is 102 Å².